The second kappa shape index (κ2) is 2.13. The van der Waals surface area contributed by atoms with E-state index < -0.39 is 0 Å². The van der Waals surface area contributed by atoms with Crippen LogP contribution in [0.5, 0.6) is 0 Å². The van der Waals surface area contributed by atoms with Crippen LogP contribution in [0.3, 0.4) is 0 Å². The normalized spacial score (nSPS) is 22.3. The summed E-state index contributed by atoms with van der Waals surface area (Å²) in [6.45, 7) is 0. The minimum atomic E-state index is 0.0980. The van der Waals surface area contributed by atoms with Crippen molar-refractivity contribution in [2.24, 2.45) is 0 Å². The lowest BCUT2D eigenvalue weighted by Gasteiger charge is -2.38. The Morgan fingerprint density at radius 3 is 2.08 bits per heavy atom. The highest BCUT2D eigenvalue weighted by atomic mass is 16.2. The van der Waals surface area contributed by atoms with Gasteiger partial charge in [0.25, 0.3) is 0 Å². The molecule has 1 aromatic carbocycles. The van der Waals surface area contributed by atoms with E-state index in [1.54, 1.807) is 0 Å². The lowest BCUT2D eigenvalue weighted by atomic mass is 9.84. The molecule has 13 heavy (non-hydrogen) atoms. The van der Waals surface area contributed by atoms with Crippen molar-refractivity contribution in [3.05, 3.63) is 35.4 Å². The average Bonchev–Trinajstić information content (AvgIpc) is 2.41. The minimum absolute atomic E-state index is 0.0980. The number of fused-ring (bicyclic) bond motifs is 1. The van der Waals surface area contributed by atoms with Gasteiger partial charge in [-0.15, -0.1) is 0 Å². The third-order valence-corrected chi connectivity index (χ3v) is 3.08. The van der Waals surface area contributed by atoms with E-state index in [1.807, 2.05) is 0 Å². The number of rotatable bonds is 0. The van der Waals surface area contributed by atoms with Crippen molar-refractivity contribution in [1.82, 2.24) is 5.32 Å². The van der Waals surface area contributed by atoms with Crippen LogP contribution < -0.4 is 5.32 Å². The molecule has 66 valence electrons. The Labute approximate surface area is 77.0 Å². The summed E-state index contributed by atoms with van der Waals surface area (Å²) < 4.78 is 0. The van der Waals surface area contributed by atoms with E-state index in [0.29, 0.717) is 6.42 Å². The van der Waals surface area contributed by atoms with Crippen LogP contribution in [0.25, 0.3) is 0 Å². The molecule has 1 saturated heterocycles. The zero-order valence-electron chi connectivity index (χ0n) is 7.34. The Kier molecular flexibility index (Phi) is 1.17. The zero-order valence-corrected chi connectivity index (χ0v) is 7.34. The monoisotopic (exact) mass is 173 g/mol. The van der Waals surface area contributed by atoms with Crippen molar-refractivity contribution in [1.29, 1.82) is 0 Å². The first-order chi connectivity index (χ1) is 6.27. The molecule has 2 aliphatic rings. The molecule has 0 bridgehead atoms. The van der Waals surface area contributed by atoms with Gasteiger partial charge in [0, 0.05) is 0 Å². The summed E-state index contributed by atoms with van der Waals surface area (Å²) in [5.41, 5.74) is 2.91. The molecule has 2 nitrogen and oxygen atoms in total. The molecule has 1 amide bonds. The molecule has 0 unspecified atom stereocenters. The molecular formula is C11H11NO. The lowest BCUT2D eigenvalue weighted by molar-refractivity contribution is -0.132. The number of amides is 1. The van der Waals surface area contributed by atoms with Crippen LogP contribution in [0.15, 0.2) is 24.3 Å². The summed E-state index contributed by atoms with van der Waals surface area (Å²) in [6.07, 6.45) is 2.76. The van der Waals surface area contributed by atoms with Crippen molar-refractivity contribution < 1.29 is 4.79 Å². The molecule has 2 heteroatoms. The van der Waals surface area contributed by atoms with Crippen molar-refractivity contribution in [2.45, 2.75) is 24.8 Å². The van der Waals surface area contributed by atoms with E-state index in [1.165, 1.54) is 11.1 Å². The smallest absolute Gasteiger partial charge is 0.222 e. The van der Waals surface area contributed by atoms with Crippen LogP contribution in [0, 0.1) is 0 Å². The Morgan fingerprint density at radius 1 is 1.08 bits per heavy atom. The van der Waals surface area contributed by atoms with E-state index in [4.69, 9.17) is 0 Å². The predicted molar refractivity (Wildman–Crippen MR) is 49.3 cm³/mol. The third kappa shape index (κ3) is 0.916. The zero-order chi connectivity index (χ0) is 8.89. The first-order valence-corrected chi connectivity index (χ1v) is 4.65. The standard InChI is InChI=1S/C11H11NO/c13-10-7-11(12-10)5-8-3-1-2-4-9(8)6-11/h1-4H,5-7H2,(H,12,13). The van der Waals surface area contributed by atoms with Crippen LogP contribution in [0.4, 0.5) is 0 Å². The minimum Gasteiger partial charge on any atom is -0.349 e. The van der Waals surface area contributed by atoms with E-state index in [2.05, 4.69) is 29.6 Å². The van der Waals surface area contributed by atoms with E-state index in [-0.39, 0.29) is 11.4 Å². The molecule has 1 N–H and O–H groups in total. The molecular weight excluding hydrogens is 162 g/mol. The van der Waals surface area contributed by atoms with Gasteiger partial charge in [-0.25, -0.2) is 0 Å². The summed E-state index contributed by atoms with van der Waals surface area (Å²) in [6, 6.07) is 8.46. The SMILES string of the molecule is O=C1CC2(Cc3ccccc3C2)N1. The topological polar surface area (TPSA) is 29.1 Å². The molecule has 0 aromatic heterocycles. The molecule has 0 atom stereocenters. The first-order valence-electron chi connectivity index (χ1n) is 4.65. The molecule has 1 fully saturated rings. The first kappa shape index (κ1) is 7.13. The molecule has 0 saturated carbocycles. The second-order valence-corrected chi connectivity index (χ2v) is 4.13. The molecule has 1 aromatic rings. The second-order valence-electron chi connectivity index (χ2n) is 4.13. The Hall–Kier alpha value is -1.31. The molecule has 0 radical (unpaired) electrons. The van der Waals surface area contributed by atoms with Gasteiger partial charge >= 0.3 is 0 Å². The largest absolute Gasteiger partial charge is 0.349 e. The van der Waals surface area contributed by atoms with E-state index in [9.17, 15) is 4.79 Å². The fraction of sp³-hybridized carbons (Fsp3) is 0.364. The Morgan fingerprint density at radius 2 is 1.62 bits per heavy atom. The number of hydrogen-bond acceptors (Lipinski definition) is 1. The van der Waals surface area contributed by atoms with Gasteiger partial charge < -0.3 is 5.32 Å². The molecule has 1 aliphatic heterocycles. The van der Waals surface area contributed by atoms with Crippen LogP contribution in [-0.2, 0) is 17.6 Å². The summed E-state index contributed by atoms with van der Waals surface area (Å²) >= 11 is 0. The highest BCUT2D eigenvalue weighted by molar-refractivity contribution is 5.85. The van der Waals surface area contributed by atoms with Gasteiger partial charge in [0.2, 0.25) is 5.91 Å². The van der Waals surface area contributed by atoms with Gasteiger partial charge in [0.15, 0.2) is 0 Å². The highest BCUT2D eigenvalue weighted by Crippen LogP contribution is 2.36. The highest BCUT2D eigenvalue weighted by Gasteiger charge is 2.46. The van der Waals surface area contributed by atoms with Crippen LogP contribution >= 0.6 is 0 Å². The lowest BCUT2D eigenvalue weighted by Crippen LogP contribution is -2.61. The summed E-state index contributed by atoms with van der Waals surface area (Å²) in [4.78, 5) is 10.9. The fourth-order valence-electron chi connectivity index (χ4n) is 2.49. The number of nitrogens with one attached hydrogen (secondary N) is 1. The Bertz CT molecular complexity index is 348. The number of carbonyl (C=O) groups excluding carboxylic acids is 1. The summed E-state index contributed by atoms with van der Waals surface area (Å²) in [5.74, 6) is 0.202. The average molecular weight is 173 g/mol. The quantitative estimate of drug-likeness (QED) is 0.584. The van der Waals surface area contributed by atoms with Crippen molar-refractivity contribution >= 4 is 5.91 Å². The van der Waals surface area contributed by atoms with Gasteiger partial charge in [0.1, 0.15) is 0 Å². The maximum atomic E-state index is 10.9. The van der Waals surface area contributed by atoms with Crippen LogP contribution in [0.2, 0.25) is 0 Å². The van der Waals surface area contributed by atoms with Crippen LogP contribution in [-0.4, -0.2) is 11.4 Å². The Balaban J connectivity index is 1.94. The van der Waals surface area contributed by atoms with Gasteiger partial charge in [-0.3, -0.25) is 4.79 Å². The number of carbonyl (C=O) groups is 1. The maximum absolute atomic E-state index is 10.9. The van der Waals surface area contributed by atoms with Crippen LogP contribution in [0.1, 0.15) is 17.5 Å². The number of β-lactam (4-membered cyclic amide) rings is 1. The summed E-state index contributed by atoms with van der Waals surface area (Å²) in [7, 11) is 0. The van der Waals surface area contributed by atoms with E-state index in [0.717, 1.165) is 12.8 Å². The molecule has 1 spiro atoms. The summed E-state index contributed by atoms with van der Waals surface area (Å²) in [5, 5.41) is 3.03. The molecule has 1 heterocycles. The molecule has 3 rings (SSSR count). The van der Waals surface area contributed by atoms with Crippen molar-refractivity contribution in [3.63, 3.8) is 0 Å². The molecule has 1 aliphatic carbocycles. The van der Waals surface area contributed by atoms with E-state index >= 15 is 0 Å². The number of hydrogen-bond donors (Lipinski definition) is 1. The van der Waals surface area contributed by atoms with Crippen molar-refractivity contribution in [2.75, 3.05) is 0 Å². The van der Waals surface area contributed by atoms with Gasteiger partial charge in [-0.2, -0.15) is 0 Å². The predicted octanol–water partition coefficient (Wildman–Crippen LogP) is 1.04. The van der Waals surface area contributed by atoms with Gasteiger partial charge in [0.05, 0.1) is 12.0 Å². The van der Waals surface area contributed by atoms with Gasteiger partial charge in [-0.05, 0) is 24.0 Å². The van der Waals surface area contributed by atoms with Crippen molar-refractivity contribution in [3.8, 4) is 0 Å². The number of benzene rings is 1. The maximum Gasteiger partial charge on any atom is 0.222 e. The fourth-order valence-corrected chi connectivity index (χ4v) is 2.49. The van der Waals surface area contributed by atoms with Gasteiger partial charge in [-0.1, -0.05) is 24.3 Å². The third-order valence-electron chi connectivity index (χ3n) is 3.08.